The minimum atomic E-state index is -2.98. The number of hydrogen-bond donors (Lipinski definition) is 1. The van der Waals surface area contributed by atoms with Crippen molar-refractivity contribution >= 4 is 15.5 Å². The van der Waals surface area contributed by atoms with Crippen LogP contribution in [0, 0.1) is 11.3 Å². The van der Waals surface area contributed by atoms with Crippen LogP contribution in [0.3, 0.4) is 0 Å². The van der Waals surface area contributed by atoms with Gasteiger partial charge in [0.1, 0.15) is 17.9 Å². The van der Waals surface area contributed by atoms with Crippen molar-refractivity contribution in [1.29, 1.82) is 5.26 Å². The van der Waals surface area contributed by atoms with Crippen molar-refractivity contribution in [3.05, 3.63) is 23.8 Å². The standard InChI is InChI=1S/C11H12N2O3S/c12-6-8-5-9(13)1-2-11(8)16-10-3-4-17(14,15)7-10/h1-2,5,10H,3-4,7,13H2. The summed E-state index contributed by atoms with van der Waals surface area (Å²) in [6.45, 7) is 0. The van der Waals surface area contributed by atoms with Gasteiger partial charge in [0.15, 0.2) is 9.84 Å². The number of benzene rings is 1. The van der Waals surface area contributed by atoms with Gasteiger partial charge in [-0.25, -0.2) is 8.42 Å². The summed E-state index contributed by atoms with van der Waals surface area (Å²) in [4.78, 5) is 0. The first-order valence-corrected chi connectivity index (χ1v) is 6.99. The maximum atomic E-state index is 11.3. The van der Waals surface area contributed by atoms with Gasteiger partial charge in [-0.3, -0.25) is 0 Å². The molecule has 1 heterocycles. The van der Waals surface area contributed by atoms with Crippen LogP contribution >= 0.6 is 0 Å². The minimum absolute atomic E-state index is 0.0161. The molecule has 0 aliphatic carbocycles. The second-order valence-corrected chi connectivity index (χ2v) is 6.24. The molecule has 1 aliphatic rings. The number of anilines is 1. The zero-order valence-electron chi connectivity index (χ0n) is 9.09. The van der Waals surface area contributed by atoms with Gasteiger partial charge in [0.2, 0.25) is 0 Å². The van der Waals surface area contributed by atoms with Crippen LogP contribution in [0.25, 0.3) is 0 Å². The van der Waals surface area contributed by atoms with E-state index in [2.05, 4.69) is 0 Å². The van der Waals surface area contributed by atoms with Crippen LogP contribution in [0.15, 0.2) is 18.2 Å². The van der Waals surface area contributed by atoms with E-state index in [9.17, 15) is 8.42 Å². The van der Waals surface area contributed by atoms with E-state index in [-0.39, 0.29) is 17.6 Å². The Hall–Kier alpha value is -1.74. The Kier molecular flexibility index (Phi) is 2.94. The minimum Gasteiger partial charge on any atom is -0.488 e. The highest BCUT2D eigenvalue weighted by molar-refractivity contribution is 7.91. The van der Waals surface area contributed by atoms with E-state index < -0.39 is 9.84 Å². The van der Waals surface area contributed by atoms with Crippen LogP contribution in [-0.4, -0.2) is 26.0 Å². The summed E-state index contributed by atoms with van der Waals surface area (Å²) in [5.41, 5.74) is 6.36. The predicted molar refractivity (Wildman–Crippen MR) is 63.3 cm³/mol. The molecule has 0 bridgehead atoms. The molecule has 90 valence electrons. The summed E-state index contributed by atoms with van der Waals surface area (Å²) in [6, 6.07) is 6.71. The van der Waals surface area contributed by atoms with E-state index in [1.807, 2.05) is 6.07 Å². The summed E-state index contributed by atoms with van der Waals surface area (Å²) in [6.07, 6.45) is 0.105. The van der Waals surface area contributed by atoms with Crippen LogP contribution in [-0.2, 0) is 9.84 Å². The number of nitrogens with two attached hydrogens (primary N) is 1. The van der Waals surface area contributed by atoms with Gasteiger partial charge >= 0.3 is 0 Å². The molecule has 17 heavy (non-hydrogen) atoms. The summed E-state index contributed by atoms with van der Waals surface area (Å²) >= 11 is 0. The van der Waals surface area contributed by atoms with Crippen LogP contribution in [0.1, 0.15) is 12.0 Å². The summed E-state index contributed by atoms with van der Waals surface area (Å²) in [5, 5.41) is 8.92. The van der Waals surface area contributed by atoms with Gasteiger partial charge in [0.05, 0.1) is 17.1 Å². The molecule has 1 aromatic carbocycles. The predicted octanol–water partition coefficient (Wildman–Crippen LogP) is 0.706. The zero-order valence-corrected chi connectivity index (χ0v) is 9.90. The highest BCUT2D eigenvalue weighted by atomic mass is 32.2. The smallest absolute Gasteiger partial charge is 0.154 e. The fraction of sp³-hybridized carbons (Fsp3) is 0.364. The fourth-order valence-corrected chi connectivity index (χ4v) is 3.36. The van der Waals surface area contributed by atoms with Crippen LogP contribution < -0.4 is 10.5 Å². The van der Waals surface area contributed by atoms with Gasteiger partial charge in [0, 0.05) is 5.69 Å². The molecule has 6 heteroatoms. The van der Waals surface area contributed by atoms with Crippen molar-refractivity contribution in [2.45, 2.75) is 12.5 Å². The number of nitriles is 1. The quantitative estimate of drug-likeness (QED) is 0.782. The Bertz CT molecular complexity index is 575. The average molecular weight is 252 g/mol. The Morgan fingerprint density at radius 2 is 2.24 bits per heavy atom. The lowest BCUT2D eigenvalue weighted by Gasteiger charge is -2.13. The van der Waals surface area contributed by atoms with Crippen molar-refractivity contribution < 1.29 is 13.2 Å². The van der Waals surface area contributed by atoms with Crippen molar-refractivity contribution in [3.8, 4) is 11.8 Å². The monoisotopic (exact) mass is 252 g/mol. The summed E-state index contributed by atoms with van der Waals surface area (Å²) < 4.78 is 28.1. The number of hydrogen-bond acceptors (Lipinski definition) is 5. The third-order valence-electron chi connectivity index (χ3n) is 2.61. The van der Waals surface area contributed by atoms with Gasteiger partial charge in [0.25, 0.3) is 0 Å². The molecule has 1 aliphatic heterocycles. The Morgan fingerprint density at radius 1 is 1.47 bits per heavy atom. The molecule has 2 N–H and O–H groups in total. The largest absolute Gasteiger partial charge is 0.488 e. The lowest BCUT2D eigenvalue weighted by Crippen LogP contribution is -2.18. The van der Waals surface area contributed by atoms with E-state index in [0.717, 1.165) is 0 Å². The van der Waals surface area contributed by atoms with Crippen molar-refractivity contribution in [3.63, 3.8) is 0 Å². The molecule has 0 aromatic heterocycles. The number of rotatable bonds is 2. The van der Waals surface area contributed by atoms with Crippen LogP contribution in [0.2, 0.25) is 0 Å². The van der Waals surface area contributed by atoms with Gasteiger partial charge in [-0.1, -0.05) is 0 Å². The van der Waals surface area contributed by atoms with Gasteiger partial charge in [-0.15, -0.1) is 0 Å². The topological polar surface area (TPSA) is 93.2 Å². The molecule has 1 unspecified atom stereocenters. The molecule has 2 rings (SSSR count). The van der Waals surface area contributed by atoms with Crippen molar-refractivity contribution in [2.24, 2.45) is 0 Å². The van der Waals surface area contributed by atoms with E-state index >= 15 is 0 Å². The summed E-state index contributed by atoms with van der Waals surface area (Å²) in [7, 11) is -2.98. The molecule has 0 radical (unpaired) electrons. The maximum Gasteiger partial charge on any atom is 0.154 e. The number of nitrogens with zero attached hydrogens (tertiary/aromatic N) is 1. The molecule has 1 saturated heterocycles. The maximum absolute atomic E-state index is 11.3. The van der Waals surface area contributed by atoms with E-state index in [4.69, 9.17) is 15.7 Å². The highest BCUT2D eigenvalue weighted by Gasteiger charge is 2.29. The molecular weight excluding hydrogens is 240 g/mol. The van der Waals surface area contributed by atoms with E-state index in [1.165, 1.54) is 6.07 Å². The molecule has 0 spiro atoms. The zero-order chi connectivity index (χ0) is 12.5. The van der Waals surface area contributed by atoms with Crippen molar-refractivity contribution in [1.82, 2.24) is 0 Å². The number of ether oxygens (including phenoxy) is 1. The van der Waals surface area contributed by atoms with Gasteiger partial charge in [-0.05, 0) is 24.6 Å². The molecule has 0 amide bonds. The second-order valence-electron chi connectivity index (χ2n) is 4.01. The van der Waals surface area contributed by atoms with E-state index in [0.29, 0.717) is 23.4 Å². The van der Waals surface area contributed by atoms with Gasteiger partial charge < -0.3 is 10.5 Å². The van der Waals surface area contributed by atoms with Crippen LogP contribution in [0.5, 0.6) is 5.75 Å². The number of sulfone groups is 1. The average Bonchev–Trinajstić information content (AvgIpc) is 2.61. The van der Waals surface area contributed by atoms with E-state index in [1.54, 1.807) is 12.1 Å². The molecule has 1 atom stereocenters. The molecular formula is C11H12N2O3S. The second kappa shape index (κ2) is 4.26. The first-order valence-electron chi connectivity index (χ1n) is 5.17. The molecule has 1 aromatic rings. The van der Waals surface area contributed by atoms with Crippen molar-refractivity contribution in [2.75, 3.05) is 17.2 Å². The van der Waals surface area contributed by atoms with Gasteiger partial charge in [-0.2, -0.15) is 5.26 Å². The lowest BCUT2D eigenvalue weighted by molar-refractivity contribution is 0.228. The summed E-state index contributed by atoms with van der Waals surface area (Å²) in [5.74, 6) is 0.556. The fourth-order valence-electron chi connectivity index (χ4n) is 1.77. The lowest BCUT2D eigenvalue weighted by atomic mass is 10.2. The Morgan fingerprint density at radius 3 is 2.82 bits per heavy atom. The normalized spacial score (nSPS) is 21.9. The third kappa shape index (κ3) is 2.68. The third-order valence-corrected chi connectivity index (χ3v) is 4.35. The highest BCUT2D eigenvalue weighted by Crippen LogP contribution is 2.24. The molecule has 5 nitrogen and oxygen atoms in total. The SMILES string of the molecule is N#Cc1cc(N)ccc1OC1CCS(=O)(=O)C1. The molecule has 1 fully saturated rings. The Labute approximate surface area is 99.7 Å². The first kappa shape index (κ1) is 11.7. The first-order chi connectivity index (χ1) is 8.00. The number of nitrogen functional groups attached to an aromatic ring is 1. The Balaban J connectivity index is 2.18. The molecule has 0 saturated carbocycles. The van der Waals surface area contributed by atoms with Crippen LogP contribution in [0.4, 0.5) is 5.69 Å².